The number of halogens is 3. The number of amides is 1. The van der Waals surface area contributed by atoms with E-state index in [0.717, 1.165) is 49.5 Å². The molecule has 7 heteroatoms. The van der Waals surface area contributed by atoms with Crippen LogP contribution in [-0.2, 0) is 4.79 Å². The molecule has 2 fully saturated rings. The van der Waals surface area contributed by atoms with Crippen LogP contribution in [0.25, 0.3) is 6.08 Å². The molecular weight excluding hydrogens is 424 g/mol. The maximum absolute atomic E-state index is 14.1. The fourth-order valence-electron chi connectivity index (χ4n) is 4.01. The van der Waals surface area contributed by atoms with E-state index in [1.165, 1.54) is 12.1 Å². The summed E-state index contributed by atoms with van der Waals surface area (Å²) in [6, 6.07) is 10.0. The zero-order chi connectivity index (χ0) is 21.3. The van der Waals surface area contributed by atoms with Crippen molar-refractivity contribution in [3.8, 4) is 0 Å². The molecule has 30 heavy (non-hydrogen) atoms. The van der Waals surface area contributed by atoms with Crippen molar-refractivity contribution in [2.24, 2.45) is 0 Å². The lowest BCUT2D eigenvalue weighted by atomic mass is 9.99. The molecule has 2 aliphatic rings. The molecule has 0 spiro atoms. The number of rotatable bonds is 3. The van der Waals surface area contributed by atoms with Crippen molar-refractivity contribution in [1.82, 2.24) is 4.90 Å². The van der Waals surface area contributed by atoms with Gasteiger partial charge in [0.15, 0.2) is 0 Å². The molecule has 2 aliphatic heterocycles. The maximum Gasteiger partial charge on any atom is 0.254 e. The van der Waals surface area contributed by atoms with E-state index in [9.17, 15) is 9.18 Å². The molecule has 1 amide bonds. The molecule has 0 N–H and O–H groups in total. The van der Waals surface area contributed by atoms with Crippen LogP contribution in [0, 0.1) is 5.82 Å². The Morgan fingerprint density at radius 3 is 2.47 bits per heavy atom. The molecule has 0 aromatic heterocycles. The van der Waals surface area contributed by atoms with E-state index >= 15 is 0 Å². The Bertz CT molecular complexity index is 986. The molecule has 0 atom stereocenters. The van der Waals surface area contributed by atoms with Crippen molar-refractivity contribution in [3.05, 3.63) is 63.4 Å². The average Bonchev–Trinajstić information content (AvgIpc) is 2.73. The topological polar surface area (TPSA) is 26.8 Å². The number of nitrogens with zero attached hydrogens (tertiary/aromatic N) is 3. The monoisotopic (exact) mass is 447 g/mol. The van der Waals surface area contributed by atoms with Crippen LogP contribution >= 0.6 is 23.2 Å². The van der Waals surface area contributed by atoms with E-state index < -0.39 is 0 Å². The third kappa shape index (κ3) is 4.48. The molecule has 0 unspecified atom stereocenters. The summed E-state index contributed by atoms with van der Waals surface area (Å²) in [4.78, 5) is 19.5. The van der Waals surface area contributed by atoms with Crippen LogP contribution in [-0.4, -0.2) is 50.6 Å². The Morgan fingerprint density at radius 1 is 0.967 bits per heavy atom. The zero-order valence-electron chi connectivity index (χ0n) is 16.9. The number of piperidine rings is 1. The maximum atomic E-state index is 14.1. The number of hydrogen-bond donors (Lipinski definition) is 0. The predicted octanol–water partition coefficient (Wildman–Crippen LogP) is 5.09. The van der Waals surface area contributed by atoms with Crippen molar-refractivity contribution in [2.75, 3.05) is 49.6 Å². The normalized spacial score (nSPS) is 19.6. The molecule has 4 nitrogen and oxygen atoms in total. The molecule has 158 valence electrons. The van der Waals surface area contributed by atoms with E-state index in [-0.39, 0.29) is 11.7 Å². The first kappa shape index (κ1) is 21.2. The van der Waals surface area contributed by atoms with Crippen molar-refractivity contribution < 1.29 is 9.18 Å². The van der Waals surface area contributed by atoms with Crippen LogP contribution in [0.3, 0.4) is 0 Å². The first-order valence-corrected chi connectivity index (χ1v) is 10.9. The summed E-state index contributed by atoms with van der Waals surface area (Å²) < 4.78 is 14.1. The van der Waals surface area contributed by atoms with Gasteiger partial charge in [-0.2, -0.15) is 0 Å². The van der Waals surface area contributed by atoms with Crippen molar-refractivity contribution in [2.45, 2.75) is 12.8 Å². The number of benzene rings is 2. The highest BCUT2D eigenvalue weighted by molar-refractivity contribution is 6.42. The second kappa shape index (κ2) is 8.96. The minimum Gasteiger partial charge on any atom is -0.368 e. The Balaban J connectivity index is 1.64. The highest BCUT2D eigenvalue weighted by atomic mass is 35.5. The Morgan fingerprint density at radius 2 is 1.73 bits per heavy atom. The van der Waals surface area contributed by atoms with Gasteiger partial charge in [0, 0.05) is 55.2 Å². The van der Waals surface area contributed by atoms with Gasteiger partial charge in [-0.1, -0.05) is 23.2 Å². The van der Waals surface area contributed by atoms with E-state index in [2.05, 4.69) is 16.8 Å². The largest absolute Gasteiger partial charge is 0.368 e. The molecule has 0 aliphatic carbocycles. The molecule has 0 bridgehead atoms. The van der Waals surface area contributed by atoms with E-state index in [4.69, 9.17) is 23.2 Å². The Hall–Kier alpha value is -2.08. The molecule has 0 radical (unpaired) electrons. The summed E-state index contributed by atoms with van der Waals surface area (Å²) in [6.07, 6.45) is 3.34. The summed E-state index contributed by atoms with van der Waals surface area (Å²) in [5, 5.41) is 0.873. The third-order valence-corrected chi connectivity index (χ3v) is 6.46. The Kier molecular flexibility index (Phi) is 6.32. The highest BCUT2D eigenvalue weighted by Crippen LogP contribution is 2.32. The molecule has 2 aromatic carbocycles. The van der Waals surface area contributed by atoms with Gasteiger partial charge in [-0.15, -0.1) is 0 Å². The van der Waals surface area contributed by atoms with Crippen molar-refractivity contribution in [1.29, 1.82) is 0 Å². The van der Waals surface area contributed by atoms with Gasteiger partial charge in [-0.25, -0.2) is 4.39 Å². The summed E-state index contributed by atoms with van der Waals surface area (Å²) in [6.45, 7) is 4.28. The SMILES string of the molecule is CN1CCN(c2ccc(F)cc2/C=C2\CCCN(c3ccc(Cl)c(Cl)c3)C2=O)CC1. The van der Waals surface area contributed by atoms with Crippen molar-refractivity contribution >= 4 is 46.6 Å². The number of hydrogen-bond acceptors (Lipinski definition) is 3. The first-order valence-electron chi connectivity index (χ1n) is 10.1. The van der Waals surface area contributed by atoms with Gasteiger partial charge in [-0.3, -0.25) is 4.79 Å². The second-order valence-electron chi connectivity index (χ2n) is 7.82. The van der Waals surface area contributed by atoms with Crippen molar-refractivity contribution in [3.63, 3.8) is 0 Å². The predicted molar refractivity (Wildman–Crippen MR) is 122 cm³/mol. The molecule has 4 rings (SSSR count). The van der Waals surface area contributed by atoms with Gasteiger partial charge in [0.05, 0.1) is 10.0 Å². The van der Waals surface area contributed by atoms with E-state index in [1.807, 2.05) is 12.1 Å². The van der Waals surface area contributed by atoms with Crippen LogP contribution in [0.1, 0.15) is 18.4 Å². The summed E-state index contributed by atoms with van der Waals surface area (Å²) in [7, 11) is 2.10. The van der Waals surface area contributed by atoms with Crippen LogP contribution < -0.4 is 9.80 Å². The van der Waals surface area contributed by atoms with Crippen LogP contribution in [0.15, 0.2) is 42.0 Å². The van der Waals surface area contributed by atoms with Crippen LogP contribution in [0.5, 0.6) is 0 Å². The standard InChI is InChI=1S/C23H24Cl2FN3O/c1-27-9-11-28(12-10-27)22-7-4-18(26)14-17(22)13-16-3-2-8-29(23(16)30)19-5-6-20(24)21(25)15-19/h4-7,13-15H,2-3,8-12H2,1H3/b16-13+. The summed E-state index contributed by atoms with van der Waals surface area (Å²) in [5.41, 5.74) is 3.11. The quantitative estimate of drug-likeness (QED) is 0.612. The number of piperazine rings is 1. The van der Waals surface area contributed by atoms with Gasteiger partial charge < -0.3 is 14.7 Å². The molecule has 2 heterocycles. The lowest BCUT2D eigenvalue weighted by Gasteiger charge is -2.35. The Labute approximate surface area is 186 Å². The van der Waals surface area contributed by atoms with Crippen LogP contribution in [0.4, 0.5) is 15.8 Å². The minimum atomic E-state index is -0.302. The number of likely N-dealkylation sites (N-methyl/N-ethyl adjacent to an activating group) is 1. The lowest BCUT2D eigenvalue weighted by molar-refractivity contribution is -0.115. The molecule has 2 saturated heterocycles. The first-order chi connectivity index (χ1) is 14.4. The van der Waals surface area contributed by atoms with Gasteiger partial charge in [0.1, 0.15) is 5.82 Å². The smallest absolute Gasteiger partial charge is 0.254 e. The van der Waals surface area contributed by atoms with Gasteiger partial charge in [0.25, 0.3) is 5.91 Å². The van der Waals surface area contributed by atoms with Gasteiger partial charge >= 0.3 is 0 Å². The van der Waals surface area contributed by atoms with Crippen LogP contribution in [0.2, 0.25) is 10.0 Å². The minimum absolute atomic E-state index is 0.0757. The fourth-order valence-corrected chi connectivity index (χ4v) is 4.30. The summed E-state index contributed by atoms with van der Waals surface area (Å²) in [5.74, 6) is -0.377. The van der Waals surface area contributed by atoms with E-state index in [1.54, 1.807) is 23.1 Å². The second-order valence-corrected chi connectivity index (χ2v) is 8.64. The van der Waals surface area contributed by atoms with Gasteiger partial charge in [0.2, 0.25) is 0 Å². The average molecular weight is 448 g/mol. The number of carbonyl (C=O) groups is 1. The van der Waals surface area contributed by atoms with Gasteiger partial charge in [-0.05, 0) is 62.4 Å². The summed E-state index contributed by atoms with van der Waals surface area (Å²) >= 11 is 12.2. The van der Waals surface area contributed by atoms with E-state index in [0.29, 0.717) is 28.6 Å². The number of carbonyl (C=O) groups excluding carboxylic acids is 1. The lowest BCUT2D eigenvalue weighted by Crippen LogP contribution is -2.44. The zero-order valence-corrected chi connectivity index (χ0v) is 18.4. The molecular formula is C23H24Cl2FN3O. The highest BCUT2D eigenvalue weighted by Gasteiger charge is 2.26. The molecule has 2 aromatic rings. The molecule has 0 saturated carbocycles. The number of anilines is 2. The third-order valence-electron chi connectivity index (χ3n) is 5.73. The fraction of sp³-hybridized carbons (Fsp3) is 0.348.